The van der Waals surface area contributed by atoms with Crippen LogP contribution in [0.1, 0.15) is 51.1 Å². The Morgan fingerprint density at radius 2 is 1.94 bits per heavy atom. The van der Waals surface area contributed by atoms with E-state index in [1.165, 1.54) is 37.8 Å². The van der Waals surface area contributed by atoms with Crippen LogP contribution < -0.4 is 5.32 Å². The molecule has 1 fully saturated rings. The van der Waals surface area contributed by atoms with Crippen molar-refractivity contribution in [1.29, 1.82) is 0 Å². The Morgan fingerprint density at radius 3 is 2.56 bits per heavy atom. The quantitative estimate of drug-likeness (QED) is 0.835. The van der Waals surface area contributed by atoms with E-state index in [1.807, 2.05) is 0 Å². The maximum absolute atomic E-state index is 13.0. The molecule has 2 atom stereocenters. The van der Waals surface area contributed by atoms with Crippen LogP contribution >= 0.6 is 11.6 Å². The van der Waals surface area contributed by atoms with E-state index in [9.17, 15) is 4.39 Å². The minimum atomic E-state index is -0.278. The van der Waals surface area contributed by atoms with Crippen LogP contribution in [0.4, 0.5) is 4.39 Å². The highest BCUT2D eigenvalue weighted by Crippen LogP contribution is 2.30. The number of rotatable bonds is 4. The molecule has 0 radical (unpaired) electrons. The number of nitrogens with one attached hydrogen (secondary N) is 1. The molecule has 1 aromatic rings. The van der Waals surface area contributed by atoms with Gasteiger partial charge in [-0.1, -0.05) is 30.5 Å². The van der Waals surface area contributed by atoms with E-state index in [4.69, 9.17) is 11.6 Å². The molecule has 0 amide bonds. The highest BCUT2D eigenvalue weighted by molar-refractivity contribution is 6.31. The molecule has 2 rings (SSSR count). The maximum Gasteiger partial charge on any atom is 0.124 e. The van der Waals surface area contributed by atoms with Gasteiger partial charge in [0.15, 0.2) is 0 Å². The summed E-state index contributed by atoms with van der Waals surface area (Å²) in [5.41, 5.74) is 0.975. The molecule has 0 aromatic heterocycles. The van der Waals surface area contributed by atoms with Crippen LogP contribution in [0.15, 0.2) is 18.2 Å². The van der Waals surface area contributed by atoms with Crippen LogP contribution in [0.25, 0.3) is 0 Å². The van der Waals surface area contributed by atoms with Crippen LogP contribution in [0, 0.1) is 11.7 Å². The average Bonchev–Trinajstić information content (AvgIpc) is 2.81. The second kappa shape index (κ2) is 6.03. The average molecular weight is 270 g/mol. The summed E-state index contributed by atoms with van der Waals surface area (Å²) in [6.07, 6.45) is 5.33. The van der Waals surface area contributed by atoms with Crippen LogP contribution in [-0.4, -0.2) is 6.04 Å². The normalized spacial score (nSPS) is 20.0. The Labute approximate surface area is 114 Å². The second-order valence-corrected chi connectivity index (χ2v) is 5.79. The fraction of sp³-hybridized carbons (Fsp3) is 0.600. The molecule has 1 aliphatic carbocycles. The standard InChI is InChI=1S/C15H21ClFN/c1-10(12-5-3-4-6-12)18-11(2)14-8-7-13(17)9-15(14)16/h7-12,18H,3-6H2,1-2H3/t10-,11?/m1/s1. The van der Waals surface area contributed by atoms with Crippen molar-refractivity contribution in [3.05, 3.63) is 34.6 Å². The summed E-state index contributed by atoms with van der Waals surface area (Å²) >= 11 is 6.09. The summed E-state index contributed by atoms with van der Waals surface area (Å²) in [4.78, 5) is 0. The molecule has 1 saturated carbocycles. The molecule has 0 heterocycles. The lowest BCUT2D eigenvalue weighted by Crippen LogP contribution is -2.34. The van der Waals surface area contributed by atoms with Crippen LogP contribution in [-0.2, 0) is 0 Å². The van der Waals surface area contributed by atoms with E-state index in [2.05, 4.69) is 19.2 Å². The minimum Gasteiger partial charge on any atom is -0.307 e. The molecular formula is C15H21ClFN. The Morgan fingerprint density at radius 1 is 1.28 bits per heavy atom. The van der Waals surface area contributed by atoms with Crippen LogP contribution in [0.5, 0.6) is 0 Å². The number of hydrogen-bond acceptors (Lipinski definition) is 1. The van der Waals surface area contributed by atoms with Gasteiger partial charge in [0.1, 0.15) is 5.82 Å². The van der Waals surface area contributed by atoms with E-state index in [0.717, 1.165) is 11.5 Å². The predicted molar refractivity (Wildman–Crippen MR) is 74.4 cm³/mol. The molecule has 1 unspecified atom stereocenters. The molecule has 1 aromatic carbocycles. The largest absolute Gasteiger partial charge is 0.307 e. The van der Waals surface area contributed by atoms with Gasteiger partial charge in [0.2, 0.25) is 0 Å². The van der Waals surface area contributed by atoms with E-state index in [1.54, 1.807) is 6.07 Å². The third-order valence-electron chi connectivity index (χ3n) is 4.05. The lowest BCUT2D eigenvalue weighted by atomic mass is 9.98. The van der Waals surface area contributed by atoms with Crippen molar-refractivity contribution in [2.24, 2.45) is 5.92 Å². The molecule has 1 aliphatic rings. The maximum atomic E-state index is 13.0. The van der Waals surface area contributed by atoms with Gasteiger partial charge < -0.3 is 5.32 Å². The molecule has 1 nitrogen and oxygen atoms in total. The Bertz CT molecular complexity index is 401. The lowest BCUT2D eigenvalue weighted by molar-refractivity contribution is 0.352. The first-order valence-electron chi connectivity index (χ1n) is 6.79. The zero-order valence-electron chi connectivity index (χ0n) is 11.0. The first-order valence-corrected chi connectivity index (χ1v) is 7.16. The van der Waals surface area contributed by atoms with Gasteiger partial charge >= 0.3 is 0 Å². The Balaban J connectivity index is 2.00. The third kappa shape index (κ3) is 3.24. The van der Waals surface area contributed by atoms with E-state index < -0.39 is 0 Å². The molecular weight excluding hydrogens is 249 g/mol. The number of halogens is 2. The van der Waals surface area contributed by atoms with E-state index in [0.29, 0.717) is 11.1 Å². The first kappa shape index (κ1) is 13.8. The summed E-state index contributed by atoms with van der Waals surface area (Å²) in [7, 11) is 0. The van der Waals surface area contributed by atoms with Crippen molar-refractivity contribution in [3.63, 3.8) is 0 Å². The van der Waals surface area contributed by atoms with E-state index in [-0.39, 0.29) is 11.9 Å². The highest BCUT2D eigenvalue weighted by Gasteiger charge is 2.23. The number of benzene rings is 1. The van der Waals surface area contributed by atoms with Crippen molar-refractivity contribution >= 4 is 11.6 Å². The Hall–Kier alpha value is -0.600. The van der Waals surface area contributed by atoms with Crippen molar-refractivity contribution < 1.29 is 4.39 Å². The fourth-order valence-corrected chi connectivity index (χ4v) is 3.26. The van der Waals surface area contributed by atoms with Gasteiger partial charge in [0, 0.05) is 17.1 Å². The van der Waals surface area contributed by atoms with Crippen molar-refractivity contribution in [2.45, 2.75) is 51.6 Å². The zero-order chi connectivity index (χ0) is 13.1. The van der Waals surface area contributed by atoms with Gasteiger partial charge in [-0.15, -0.1) is 0 Å². The molecule has 0 spiro atoms. The summed E-state index contributed by atoms with van der Waals surface area (Å²) in [6, 6.07) is 5.28. The topological polar surface area (TPSA) is 12.0 Å². The third-order valence-corrected chi connectivity index (χ3v) is 4.38. The van der Waals surface area contributed by atoms with Crippen molar-refractivity contribution in [1.82, 2.24) is 5.32 Å². The van der Waals surface area contributed by atoms with Gasteiger partial charge in [-0.3, -0.25) is 0 Å². The summed E-state index contributed by atoms with van der Waals surface area (Å²) < 4.78 is 13.0. The Kier molecular flexibility index (Phi) is 4.63. The first-order chi connectivity index (χ1) is 8.58. The van der Waals surface area contributed by atoms with Gasteiger partial charge in [0.25, 0.3) is 0 Å². The van der Waals surface area contributed by atoms with Gasteiger partial charge in [-0.05, 0) is 50.3 Å². The molecule has 0 saturated heterocycles. The summed E-state index contributed by atoms with van der Waals surface area (Å²) in [6.45, 7) is 4.33. The molecule has 0 bridgehead atoms. The van der Waals surface area contributed by atoms with Crippen molar-refractivity contribution in [2.75, 3.05) is 0 Å². The smallest absolute Gasteiger partial charge is 0.124 e. The molecule has 0 aliphatic heterocycles. The molecule has 100 valence electrons. The summed E-state index contributed by atoms with van der Waals surface area (Å²) in [5.74, 6) is 0.492. The van der Waals surface area contributed by atoms with Gasteiger partial charge in [-0.2, -0.15) is 0 Å². The lowest BCUT2D eigenvalue weighted by Gasteiger charge is -2.25. The monoisotopic (exact) mass is 269 g/mol. The highest BCUT2D eigenvalue weighted by atomic mass is 35.5. The predicted octanol–water partition coefficient (Wildman–Crippen LogP) is 4.71. The fourth-order valence-electron chi connectivity index (χ4n) is 2.93. The van der Waals surface area contributed by atoms with Crippen molar-refractivity contribution in [3.8, 4) is 0 Å². The molecule has 3 heteroatoms. The SMILES string of the molecule is CC(N[C@H](C)C1CCCC1)c1ccc(F)cc1Cl. The molecule has 1 N–H and O–H groups in total. The minimum absolute atomic E-state index is 0.161. The molecule has 18 heavy (non-hydrogen) atoms. The summed E-state index contributed by atoms with van der Waals surface area (Å²) in [5, 5.41) is 4.10. The van der Waals surface area contributed by atoms with Gasteiger partial charge in [0.05, 0.1) is 0 Å². The number of hydrogen-bond donors (Lipinski definition) is 1. The van der Waals surface area contributed by atoms with Crippen LogP contribution in [0.3, 0.4) is 0 Å². The second-order valence-electron chi connectivity index (χ2n) is 5.39. The zero-order valence-corrected chi connectivity index (χ0v) is 11.8. The van der Waals surface area contributed by atoms with Gasteiger partial charge in [-0.25, -0.2) is 4.39 Å². The van der Waals surface area contributed by atoms with E-state index >= 15 is 0 Å². The van der Waals surface area contributed by atoms with Crippen LogP contribution in [0.2, 0.25) is 5.02 Å².